The Morgan fingerprint density at radius 1 is 1.20 bits per heavy atom. The molecule has 6 nitrogen and oxygen atoms in total. The molecule has 0 heterocycles. The molecule has 132 valence electrons. The van der Waals surface area contributed by atoms with Gasteiger partial charge in [0.2, 0.25) is 0 Å². The molecule has 2 rings (SSSR count). The molecule has 0 aromatic heterocycles. The number of hydrogen-bond donors (Lipinski definition) is 2. The molecule has 0 fully saturated rings. The molecular weight excluding hydrogens is 356 g/mol. The Bertz CT molecular complexity index is 755. The minimum Gasteiger partial charge on any atom is -0.433 e. The Morgan fingerprint density at radius 3 is 2.56 bits per heavy atom. The fraction of sp³-hybridized carbons (Fsp3) is 0.125. The minimum absolute atomic E-state index is 0.0610. The normalized spacial score (nSPS) is 11.3. The number of amides is 1. The molecule has 0 aliphatic carbocycles. The molecule has 0 aliphatic heterocycles. The number of para-hydroxylation sites is 2. The number of nitrogens with zero attached hydrogens (tertiary/aromatic N) is 1. The summed E-state index contributed by atoms with van der Waals surface area (Å²) in [7, 11) is 0. The van der Waals surface area contributed by atoms with E-state index in [2.05, 4.69) is 15.2 Å². The Morgan fingerprint density at radius 2 is 1.88 bits per heavy atom. The van der Waals surface area contributed by atoms with Gasteiger partial charge in [0.05, 0.1) is 5.69 Å². The maximum atomic E-state index is 12.3. The van der Waals surface area contributed by atoms with E-state index in [0.717, 1.165) is 0 Å². The number of alkyl halides is 2. The number of carbonyl (C=O) groups excluding carboxylic acids is 1. The lowest BCUT2D eigenvalue weighted by molar-refractivity contribution is -0.120. The van der Waals surface area contributed by atoms with Gasteiger partial charge in [-0.3, -0.25) is 4.79 Å². The van der Waals surface area contributed by atoms with Crippen LogP contribution in [0.3, 0.4) is 0 Å². The summed E-state index contributed by atoms with van der Waals surface area (Å²) in [6, 6.07) is 12.3. The van der Waals surface area contributed by atoms with Crippen LogP contribution in [-0.4, -0.2) is 25.0 Å². The van der Waals surface area contributed by atoms with Gasteiger partial charge in [0.1, 0.15) is 5.75 Å². The van der Waals surface area contributed by atoms with Gasteiger partial charge < -0.3 is 20.6 Å². The number of amidine groups is 1. The second-order valence-corrected chi connectivity index (χ2v) is 5.12. The van der Waals surface area contributed by atoms with Crippen molar-refractivity contribution in [2.45, 2.75) is 6.61 Å². The van der Waals surface area contributed by atoms with Crippen molar-refractivity contribution in [1.82, 2.24) is 0 Å². The first-order valence-corrected chi connectivity index (χ1v) is 7.38. The molecular formula is C16H14ClF2N3O3. The molecule has 1 amide bonds. The Hall–Kier alpha value is -2.87. The van der Waals surface area contributed by atoms with Gasteiger partial charge in [0.15, 0.2) is 12.4 Å². The summed E-state index contributed by atoms with van der Waals surface area (Å²) in [6.07, 6.45) is 0. The van der Waals surface area contributed by atoms with Crippen LogP contribution in [0.25, 0.3) is 0 Å². The Balaban J connectivity index is 1.91. The molecule has 0 saturated carbocycles. The summed E-state index contributed by atoms with van der Waals surface area (Å²) in [5.41, 5.74) is 6.37. The van der Waals surface area contributed by atoms with E-state index in [-0.39, 0.29) is 17.3 Å². The van der Waals surface area contributed by atoms with Crippen LogP contribution in [-0.2, 0) is 9.63 Å². The van der Waals surface area contributed by atoms with E-state index in [1.54, 1.807) is 30.3 Å². The van der Waals surface area contributed by atoms with Gasteiger partial charge in [0, 0.05) is 10.6 Å². The maximum absolute atomic E-state index is 12.3. The van der Waals surface area contributed by atoms with E-state index in [1.165, 1.54) is 18.2 Å². The highest BCUT2D eigenvalue weighted by Gasteiger charge is 2.11. The zero-order valence-corrected chi connectivity index (χ0v) is 13.5. The Labute approximate surface area is 147 Å². The third kappa shape index (κ3) is 5.92. The lowest BCUT2D eigenvalue weighted by Gasteiger charge is -2.11. The minimum atomic E-state index is -3.00. The number of anilines is 1. The lowest BCUT2D eigenvalue weighted by atomic mass is 10.2. The molecule has 0 atom stereocenters. The third-order valence-corrected chi connectivity index (χ3v) is 3.13. The van der Waals surface area contributed by atoms with Gasteiger partial charge >= 0.3 is 6.61 Å². The first-order valence-electron chi connectivity index (χ1n) is 7.01. The zero-order chi connectivity index (χ0) is 18.2. The SMILES string of the molecule is N/C(=N\OCC(=O)Nc1ccccc1OC(F)F)c1ccc(Cl)cc1. The molecule has 0 saturated heterocycles. The fourth-order valence-electron chi connectivity index (χ4n) is 1.79. The summed E-state index contributed by atoms with van der Waals surface area (Å²) in [5, 5.41) is 6.55. The largest absolute Gasteiger partial charge is 0.433 e. The molecule has 2 aromatic carbocycles. The predicted octanol–water partition coefficient (Wildman–Crippen LogP) is 3.22. The van der Waals surface area contributed by atoms with Crippen molar-refractivity contribution in [3.8, 4) is 5.75 Å². The molecule has 0 radical (unpaired) electrons. The van der Waals surface area contributed by atoms with Crippen LogP contribution in [0.4, 0.5) is 14.5 Å². The summed E-state index contributed by atoms with van der Waals surface area (Å²) in [5.74, 6) is -0.709. The van der Waals surface area contributed by atoms with E-state index in [1.807, 2.05) is 0 Å². The maximum Gasteiger partial charge on any atom is 0.387 e. The van der Waals surface area contributed by atoms with E-state index in [0.29, 0.717) is 10.6 Å². The van der Waals surface area contributed by atoms with Crippen LogP contribution in [0.1, 0.15) is 5.56 Å². The molecule has 0 bridgehead atoms. The number of rotatable bonds is 7. The number of carbonyl (C=O) groups is 1. The van der Waals surface area contributed by atoms with Gasteiger partial charge in [-0.2, -0.15) is 8.78 Å². The molecule has 25 heavy (non-hydrogen) atoms. The number of benzene rings is 2. The van der Waals surface area contributed by atoms with Gasteiger partial charge in [-0.25, -0.2) is 0 Å². The summed E-state index contributed by atoms with van der Waals surface area (Å²) >= 11 is 5.76. The van der Waals surface area contributed by atoms with E-state index < -0.39 is 19.1 Å². The van der Waals surface area contributed by atoms with Crippen LogP contribution < -0.4 is 15.8 Å². The van der Waals surface area contributed by atoms with Crippen molar-refractivity contribution in [3.63, 3.8) is 0 Å². The number of hydrogen-bond acceptors (Lipinski definition) is 4. The van der Waals surface area contributed by atoms with Crippen LogP contribution in [0.2, 0.25) is 5.02 Å². The second-order valence-electron chi connectivity index (χ2n) is 4.68. The average Bonchev–Trinajstić information content (AvgIpc) is 2.56. The molecule has 0 unspecified atom stereocenters. The van der Waals surface area contributed by atoms with Crippen molar-refractivity contribution >= 4 is 29.0 Å². The standard InChI is InChI=1S/C16H14ClF2N3O3/c17-11-7-5-10(6-8-11)15(20)22-24-9-14(23)21-12-3-1-2-4-13(12)25-16(18)19/h1-8,16H,9H2,(H2,20,22)(H,21,23). The van der Waals surface area contributed by atoms with Gasteiger partial charge in [-0.1, -0.05) is 28.9 Å². The molecule has 2 aromatic rings. The van der Waals surface area contributed by atoms with E-state index in [4.69, 9.17) is 22.2 Å². The van der Waals surface area contributed by atoms with Crippen LogP contribution >= 0.6 is 11.6 Å². The first-order chi connectivity index (χ1) is 12.0. The number of oxime groups is 1. The summed E-state index contributed by atoms with van der Waals surface area (Å²) in [4.78, 5) is 16.7. The van der Waals surface area contributed by atoms with Crippen molar-refractivity contribution < 1.29 is 23.1 Å². The zero-order valence-electron chi connectivity index (χ0n) is 12.8. The first kappa shape index (κ1) is 18.5. The summed E-state index contributed by atoms with van der Waals surface area (Å²) < 4.78 is 28.9. The van der Waals surface area contributed by atoms with E-state index in [9.17, 15) is 13.6 Å². The van der Waals surface area contributed by atoms with E-state index >= 15 is 0 Å². The highest BCUT2D eigenvalue weighted by atomic mass is 35.5. The van der Waals surface area contributed by atoms with Crippen molar-refractivity contribution in [2.75, 3.05) is 11.9 Å². The smallest absolute Gasteiger partial charge is 0.387 e. The number of halogens is 3. The van der Waals surface area contributed by atoms with Gasteiger partial charge in [-0.15, -0.1) is 0 Å². The summed E-state index contributed by atoms with van der Waals surface area (Å²) in [6.45, 7) is -3.46. The van der Waals surface area contributed by atoms with Crippen LogP contribution in [0.5, 0.6) is 5.75 Å². The molecule has 9 heteroatoms. The van der Waals surface area contributed by atoms with Gasteiger partial charge in [-0.05, 0) is 36.4 Å². The second kappa shape index (κ2) is 8.84. The van der Waals surface area contributed by atoms with Crippen molar-refractivity contribution in [2.24, 2.45) is 10.9 Å². The number of nitrogens with one attached hydrogen (secondary N) is 1. The Kier molecular flexibility index (Phi) is 6.53. The topological polar surface area (TPSA) is 85.9 Å². The molecule has 0 aliphatic rings. The molecule has 3 N–H and O–H groups in total. The quantitative estimate of drug-likeness (QED) is 0.446. The number of nitrogens with two attached hydrogens (primary N) is 1. The average molecular weight is 370 g/mol. The van der Waals surface area contributed by atoms with Gasteiger partial charge in [0.25, 0.3) is 5.91 Å². The van der Waals surface area contributed by atoms with Crippen molar-refractivity contribution in [3.05, 3.63) is 59.1 Å². The fourth-order valence-corrected chi connectivity index (χ4v) is 1.91. The monoisotopic (exact) mass is 369 g/mol. The molecule has 0 spiro atoms. The highest BCUT2D eigenvalue weighted by Crippen LogP contribution is 2.25. The highest BCUT2D eigenvalue weighted by molar-refractivity contribution is 6.30. The van der Waals surface area contributed by atoms with Crippen molar-refractivity contribution in [1.29, 1.82) is 0 Å². The van der Waals surface area contributed by atoms with Crippen LogP contribution in [0, 0.1) is 0 Å². The third-order valence-electron chi connectivity index (χ3n) is 2.88. The number of ether oxygens (including phenoxy) is 1. The van der Waals surface area contributed by atoms with Crippen LogP contribution in [0.15, 0.2) is 53.7 Å². The lowest BCUT2D eigenvalue weighted by Crippen LogP contribution is -2.20. The predicted molar refractivity (Wildman–Crippen MR) is 89.8 cm³/mol.